The minimum absolute atomic E-state index is 0.748. The topological polar surface area (TPSA) is 53.6 Å². The molecule has 3 N–H and O–H groups in total. The summed E-state index contributed by atoms with van der Waals surface area (Å²) in [5, 5.41) is 0. The van der Waals surface area contributed by atoms with Gasteiger partial charge in [-0.25, -0.2) is 5.84 Å². The number of hydrogen-bond donors (Lipinski definition) is 2. The predicted molar refractivity (Wildman–Crippen MR) is 70.5 cm³/mol. The summed E-state index contributed by atoms with van der Waals surface area (Å²) in [6.45, 7) is 4.65. The third-order valence-electron chi connectivity index (χ3n) is 3.09. The highest BCUT2D eigenvalue weighted by Crippen LogP contribution is 2.18. The van der Waals surface area contributed by atoms with Gasteiger partial charge in [-0.15, -0.1) is 0 Å². The average Bonchev–Trinajstić information content (AvgIpc) is 2.57. The largest absolute Gasteiger partial charge is 0.338 e. The van der Waals surface area contributed by atoms with E-state index in [0.717, 1.165) is 38.4 Å². The lowest BCUT2D eigenvalue weighted by Crippen LogP contribution is -2.44. The molecule has 0 aromatic heterocycles. The van der Waals surface area contributed by atoms with E-state index in [9.17, 15) is 0 Å². The van der Waals surface area contributed by atoms with Gasteiger partial charge in [0.25, 0.3) is 0 Å². The number of rotatable bonds is 1. The van der Waals surface area contributed by atoms with E-state index in [2.05, 4.69) is 39.6 Å². The van der Waals surface area contributed by atoms with Crippen LogP contribution in [0.25, 0.3) is 0 Å². The molecule has 1 aromatic rings. The van der Waals surface area contributed by atoms with Crippen molar-refractivity contribution in [2.45, 2.75) is 26.3 Å². The molecule has 0 amide bonds. The molecule has 0 saturated heterocycles. The number of nitrogens with one attached hydrogen (secondary N) is 1. The molecule has 0 unspecified atom stereocenters. The van der Waals surface area contributed by atoms with Gasteiger partial charge in [0.15, 0.2) is 0 Å². The summed E-state index contributed by atoms with van der Waals surface area (Å²) < 4.78 is 0. The molecule has 0 fully saturated rings. The van der Waals surface area contributed by atoms with Gasteiger partial charge in [-0.1, -0.05) is 24.3 Å². The average molecular weight is 232 g/mol. The van der Waals surface area contributed by atoms with E-state index in [4.69, 9.17) is 5.84 Å². The molecular weight excluding hydrogens is 212 g/mol. The van der Waals surface area contributed by atoms with E-state index in [1.807, 2.05) is 6.92 Å². The van der Waals surface area contributed by atoms with E-state index in [-0.39, 0.29) is 0 Å². The van der Waals surface area contributed by atoms with Crippen LogP contribution in [-0.4, -0.2) is 23.9 Å². The van der Waals surface area contributed by atoms with Crippen molar-refractivity contribution >= 4 is 5.96 Å². The number of aryl methyl sites for hydroxylation is 1. The quantitative estimate of drug-likeness (QED) is 0.332. The molecule has 92 valence electrons. The van der Waals surface area contributed by atoms with Crippen molar-refractivity contribution in [3.63, 3.8) is 0 Å². The van der Waals surface area contributed by atoms with Crippen LogP contribution < -0.4 is 11.3 Å². The Morgan fingerprint density at radius 1 is 1.41 bits per heavy atom. The third-order valence-corrected chi connectivity index (χ3v) is 3.09. The van der Waals surface area contributed by atoms with Crippen LogP contribution in [0.5, 0.6) is 0 Å². The molecule has 1 aromatic carbocycles. The first-order valence-electron chi connectivity index (χ1n) is 6.18. The Labute approximate surface area is 102 Å². The van der Waals surface area contributed by atoms with Crippen molar-refractivity contribution in [2.24, 2.45) is 10.8 Å². The zero-order valence-electron chi connectivity index (χ0n) is 10.3. The summed E-state index contributed by atoms with van der Waals surface area (Å²) in [7, 11) is 0. The lowest BCUT2D eigenvalue weighted by molar-refractivity contribution is 0.401. The molecule has 0 saturated carbocycles. The fourth-order valence-electron chi connectivity index (χ4n) is 2.27. The van der Waals surface area contributed by atoms with Crippen molar-refractivity contribution in [1.82, 2.24) is 10.3 Å². The van der Waals surface area contributed by atoms with Crippen molar-refractivity contribution in [3.8, 4) is 0 Å². The Hall–Kier alpha value is -1.55. The predicted octanol–water partition coefficient (Wildman–Crippen LogP) is 1.27. The number of hydrogen-bond acceptors (Lipinski definition) is 2. The normalized spacial score (nSPS) is 16.4. The summed E-state index contributed by atoms with van der Waals surface area (Å²) >= 11 is 0. The molecule has 0 spiro atoms. The van der Waals surface area contributed by atoms with Crippen molar-refractivity contribution in [1.29, 1.82) is 0 Å². The second-order valence-electron chi connectivity index (χ2n) is 4.24. The maximum absolute atomic E-state index is 5.54. The van der Waals surface area contributed by atoms with Crippen LogP contribution in [0.2, 0.25) is 0 Å². The van der Waals surface area contributed by atoms with E-state index >= 15 is 0 Å². The van der Waals surface area contributed by atoms with E-state index in [1.165, 1.54) is 11.1 Å². The number of hydrazine groups is 1. The van der Waals surface area contributed by atoms with E-state index in [0.29, 0.717) is 0 Å². The fourth-order valence-corrected chi connectivity index (χ4v) is 2.27. The van der Waals surface area contributed by atoms with Crippen LogP contribution in [-0.2, 0) is 13.0 Å². The first-order chi connectivity index (χ1) is 8.35. The van der Waals surface area contributed by atoms with Gasteiger partial charge in [-0.3, -0.25) is 10.4 Å². The summed E-state index contributed by atoms with van der Waals surface area (Å²) in [5.41, 5.74) is 5.53. The summed E-state index contributed by atoms with van der Waals surface area (Å²) in [6, 6.07) is 8.60. The van der Waals surface area contributed by atoms with Gasteiger partial charge in [-0.05, 0) is 30.9 Å². The van der Waals surface area contributed by atoms with Crippen molar-refractivity contribution in [2.75, 3.05) is 13.1 Å². The third kappa shape index (κ3) is 2.77. The highest BCUT2D eigenvalue weighted by molar-refractivity contribution is 5.79. The smallest absolute Gasteiger partial charge is 0.208 e. The Kier molecular flexibility index (Phi) is 3.98. The molecule has 2 rings (SSSR count). The molecule has 1 heterocycles. The second kappa shape index (κ2) is 5.68. The molecule has 4 nitrogen and oxygen atoms in total. The second-order valence-corrected chi connectivity index (χ2v) is 4.24. The number of guanidine groups is 1. The lowest BCUT2D eigenvalue weighted by atomic mass is 10.0. The summed E-state index contributed by atoms with van der Waals surface area (Å²) in [5.74, 6) is 6.33. The molecular formula is C13H20N4. The standard InChI is InChI=1S/C13H20N4/c1-2-15-13(16-14)17-9-5-8-11-6-3-4-7-12(11)10-17/h3-4,6-7H,2,5,8-10,14H2,1H3,(H,15,16). The fraction of sp³-hybridized carbons (Fsp3) is 0.462. The van der Waals surface area contributed by atoms with Gasteiger partial charge < -0.3 is 4.90 Å². The lowest BCUT2D eigenvalue weighted by Gasteiger charge is -2.23. The van der Waals surface area contributed by atoms with E-state index in [1.54, 1.807) is 0 Å². The molecule has 0 atom stereocenters. The number of benzene rings is 1. The van der Waals surface area contributed by atoms with Crippen molar-refractivity contribution in [3.05, 3.63) is 35.4 Å². The van der Waals surface area contributed by atoms with Crippen LogP contribution in [0.4, 0.5) is 0 Å². The Bertz CT molecular complexity index is 400. The minimum atomic E-state index is 0.748. The van der Waals surface area contributed by atoms with Gasteiger partial charge in [0, 0.05) is 19.6 Å². The molecule has 4 heteroatoms. The van der Waals surface area contributed by atoms with Crippen LogP contribution in [0.1, 0.15) is 24.5 Å². The van der Waals surface area contributed by atoms with E-state index < -0.39 is 0 Å². The van der Waals surface area contributed by atoms with Gasteiger partial charge in [0.05, 0.1) is 0 Å². The Morgan fingerprint density at radius 3 is 2.88 bits per heavy atom. The highest BCUT2D eigenvalue weighted by Gasteiger charge is 2.16. The maximum Gasteiger partial charge on any atom is 0.208 e. The van der Waals surface area contributed by atoms with Crippen LogP contribution in [0.3, 0.4) is 0 Å². The molecule has 1 aliphatic heterocycles. The first-order valence-corrected chi connectivity index (χ1v) is 6.18. The Balaban J connectivity index is 2.20. The summed E-state index contributed by atoms with van der Waals surface area (Å²) in [4.78, 5) is 6.60. The SMILES string of the molecule is CCN=C(NN)N1CCCc2ccccc2C1. The molecule has 0 aliphatic carbocycles. The maximum atomic E-state index is 5.54. The van der Waals surface area contributed by atoms with Gasteiger partial charge in [-0.2, -0.15) is 0 Å². The van der Waals surface area contributed by atoms with Crippen LogP contribution in [0.15, 0.2) is 29.3 Å². The zero-order valence-corrected chi connectivity index (χ0v) is 10.3. The van der Waals surface area contributed by atoms with Gasteiger partial charge >= 0.3 is 0 Å². The number of fused-ring (bicyclic) bond motifs is 1. The molecule has 17 heavy (non-hydrogen) atoms. The zero-order chi connectivity index (χ0) is 12.1. The first kappa shape index (κ1) is 11.9. The Morgan fingerprint density at radius 2 is 2.18 bits per heavy atom. The molecule has 1 aliphatic rings. The number of aliphatic imine (C=N–C) groups is 1. The number of nitrogens with two attached hydrogens (primary N) is 1. The van der Waals surface area contributed by atoms with Crippen molar-refractivity contribution < 1.29 is 0 Å². The molecule has 0 bridgehead atoms. The van der Waals surface area contributed by atoms with Crippen LogP contribution >= 0.6 is 0 Å². The minimum Gasteiger partial charge on any atom is -0.338 e. The number of nitrogens with zero attached hydrogens (tertiary/aromatic N) is 2. The highest BCUT2D eigenvalue weighted by atomic mass is 15.4. The monoisotopic (exact) mass is 232 g/mol. The van der Waals surface area contributed by atoms with Gasteiger partial charge in [0.2, 0.25) is 5.96 Å². The summed E-state index contributed by atoms with van der Waals surface area (Å²) in [6.07, 6.45) is 2.28. The van der Waals surface area contributed by atoms with Gasteiger partial charge in [0.1, 0.15) is 0 Å². The van der Waals surface area contributed by atoms with Crippen LogP contribution in [0, 0.1) is 0 Å². The molecule has 0 radical (unpaired) electrons.